The minimum atomic E-state index is -0.433. The molecule has 0 aliphatic rings. The number of aromatic nitrogens is 1. The van der Waals surface area contributed by atoms with E-state index < -0.39 is 4.92 Å². The van der Waals surface area contributed by atoms with Crippen molar-refractivity contribution in [3.63, 3.8) is 0 Å². The van der Waals surface area contributed by atoms with Crippen LogP contribution in [-0.2, 0) is 6.54 Å². The highest BCUT2D eigenvalue weighted by molar-refractivity contribution is 7.07. The van der Waals surface area contributed by atoms with E-state index in [1.54, 1.807) is 11.3 Å². The summed E-state index contributed by atoms with van der Waals surface area (Å²) < 4.78 is 0. The number of anilines is 1. The van der Waals surface area contributed by atoms with Gasteiger partial charge in [0.25, 0.3) is 5.69 Å². The maximum absolute atomic E-state index is 10.5. The number of nitrogens with zero attached hydrogens (tertiary/aromatic N) is 2. The zero-order valence-corrected chi connectivity index (χ0v) is 9.11. The van der Waals surface area contributed by atoms with Crippen molar-refractivity contribution in [2.75, 3.05) is 5.32 Å². The van der Waals surface area contributed by atoms with Gasteiger partial charge in [0, 0.05) is 18.8 Å². The summed E-state index contributed by atoms with van der Waals surface area (Å²) in [6, 6.07) is 4.79. The molecule has 0 spiro atoms. The molecule has 0 saturated heterocycles. The summed E-state index contributed by atoms with van der Waals surface area (Å²) in [5, 5.41) is 17.6. The molecular weight excluding hydrogens is 226 g/mol. The molecule has 0 aliphatic carbocycles. The number of pyridine rings is 1. The van der Waals surface area contributed by atoms with Gasteiger partial charge in [-0.1, -0.05) is 0 Å². The van der Waals surface area contributed by atoms with Gasteiger partial charge in [0.15, 0.2) is 0 Å². The Balaban J connectivity index is 2.04. The molecule has 0 aliphatic heterocycles. The fraction of sp³-hybridized carbons (Fsp3) is 0.100. The molecule has 0 atom stereocenters. The van der Waals surface area contributed by atoms with Crippen molar-refractivity contribution in [2.45, 2.75) is 6.54 Å². The molecule has 0 amide bonds. The molecule has 2 heterocycles. The van der Waals surface area contributed by atoms with Crippen LogP contribution in [0.4, 0.5) is 11.5 Å². The van der Waals surface area contributed by atoms with Crippen LogP contribution in [0.25, 0.3) is 0 Å². The Bertz CT molecular complexity index is 485. The molecule has 2 aromatic heterocycles. The molecule has 82 valence electrons. The van der Waals surface area contributed by atoms with Gasteiger partial charge in [-0.3, -0.25) is 10.1 Å². The van der Waals surface area contributed by atoms with Crippen LogP contribution in [0.15, 0.2) is 35.2 Å². The van der Waals surface area contributed by atoms with Gasteiger partial charge in [-0.05, 0) is 22.4 Å². The van der Waals surface area contributed by atoms with Crippen molar-refractivity contribution < 1.29 is 4.92 Å². The number of hydrogen-bond acceptors (Lipinski definition) is 5. The second-order valence-corrected chi connectivity index (χ2v) is 3.92. The van der Waals surface area contributed by atoms with E-state index in [0.717, 1.165) is 5.56 Å². The smallest absolute Gasteiger partial charge is 0.274 e. The molecule has 16 heavy (non-hydrogen) atoms. The van der Waals surface area contributed by atoms with Gasteiger partial charge < -0.3 is 5.32 Å². The van der Waals surface area contributed by atoms with E-state index in [1.807, 2.05) is 16.8 Å². The molecule has 2 aromatic rings. The molecule has 0 fully saturated rings. The van der Waals surface area contributed by atoms with Gasteiger partial charge in [-0.25, -0.2) is 4.98 Å². The molecule has 0 aromatic carbocycles. The molecule has 5 nitrogen and oxygen atoms in total. The van der Waals surface area contributed by atoms with Crippen LogP contribution in [0.2, 0.25) is 0 Å². The predicted octanol–water partition coefficient (Wildman–Crippen LogP) is 2.66. The number of thiophene rings is 1. The monoisotopic (exact) mass is 235 g/mol. The Morgan fingerprint density at radius 1 is 1.50 bits per heavy atom. The first kappa shape index (κ1) is 10.6. The van der Waals surface area contributed by atoms with Gasteiger partial charge in [0.2, 0.25) is 0 Å². The highest BCUT2D eigenvalue weighted by Crippen LogP contribution is 2.15. The summed E-state index contributed by atoms with van der Waals surface area (Å²) in [7, 11) is 0. The van der Waals surface area contributed by atoms with E-state index in [-0.39, 0.29) is 5.69 Å². The second kappa shape index (κ2) is 4.71. The van der Waals surface area contributed by atoms with Crippen molar-refractivity contribution in [1.29, 1.82) is 0 Å². The van der Waals surface area contributed by atoms with Gasteiger partial charge in [-0.15, -0.1) is 0 Å². The minimum Gasteiger partial charge on any atom is -0.366 e. The molecule has 1 N–H and O–H groups in total. The third-order valence-corrected chi connectivity index (χ3v) is 2.74. The van der Waals surface area contributed by atoms with Crippen molar-refractivity contribution in [3.05, 3.63) is 50.8 Å². The molecule has 0 radical (unpaired) electrons. The van der Waals surface area contributed by atoms with Gasteiger partial charge >= 0.3 is 0 Å². The van der Waals surface area contributed by atoms with Crippen LogP contribution in [0.3, 0.4) is 0 Å². The molecule has 0 bridgehead atoms. The maximum atomic E-state index is 10.5. The summed E-state index contributed by atoms with van der Waals surface area (Å²) in [6.45, 7) is 0.623. The zero-order chi connectivity index (χ0) is 11.4. The van der Waals surface area contributed by atoms with Crippen molar-refractivity contribution in [1.82, 2.24) is 4.98 Å². The summed E-state index contributed by atoms with van der Waals surface area (Å²) in [5.74, 6) is 0.514. The number of nitrogens with one attached hydrogen (secondary N) is 1. The van der Waals surface area contributed by atoms with E-state index in [9.17, 15) is 10.1 Å². The summed E-state index contributed by atoms with van der Waals surface area (Å²) in [6.07, 6.45) is 1.42. The Labute approximate surface area is 95.9 Å². The highest BCUT2D eigenvalue weighted by Gasteiger charge is 2.06. The third kappa shape index (κ3) is 2.54. The molecule has 0 unspecified atom stereocenters. The standard InChI is InChI=1S/C10H9N3O2S/c14-13(15)9-1-3-11-10(5-9)12-6-8-2-4-16-7-8/h1-5,7H,6H2,(H,11,12). The highest BCUT2D eigenvalue weighted by atomic mass is 32.1. The van der Waals surface area contributed by atoms with E-state index in [2.05, 4.69) is 10.3 Å². The molecular formula is C10H9N3O2S. The second-order valence-electron chi connectivity index (χ2n) is 3.14. The van der Waals surface area contributed by atoms with Crippen LogP contribution < -0.4 is 5.32 Å². The lowest BCUT2D eigenvalue weighted by molar-refractivity contribution is -0.384. The maximum Gasteiger partial charge on any atom is 0.274 e. The lowest BCUT2D eigenvalue weighted by Gasteiger charge is -2.02. The molecule has 6 heteroatoms. The fourth-order valence-electron chi connectivity index (χ4n) is 1.22. The number of nitro groups is 1. The van der Waals surface area contributed by atoms with Crippen molar-refractivity contribution in [2.24, 2.45) is 0 Å². The van der Waals surface area contributed by atoms with Crippen LogP contribution in [-0.4, -0.2) is 9.91 Å². The topological polar surface area (TPSA) is 68.1 Å². The first-order chi connectivity index (χ1) is 7.75. The van der Waals surface area contributed by atoms with Crippen LogP contribution in [0.5, 0.6) is 0 Å². The number of rotatable bonds is 4. The Morgan fingerprint density at radius 3 is 3.06 bits per heavy atom. The third-order valence-electron chi connectivity index (χ3n) is 2.01. The minimum absolute atomic E-state index is 0.0443. The van der Waals surface area contributed by atoms with E-state index in [4.69, 9.17) is 0 Å². The van der Waals surface area contributed by atoms with Gasteiger partial charge in [-0.2, -0.15) is 11.3 Å². The molecule has 0 saturated carbocycles. The zero-order valence-electron chi connectivity index (χ0n) is 8.29. The van der Waals surface area contributed by atoms with E-state index in [0.29, 0.717) is 12.4 Å². The van der Waals surface area contributed by atoms with Crippen LogP contribution in [0.1, 0.15) is 5.56 Å². The summed E-state index contributed by atoms with van der Waals surface area (Å²) >= 11 is 1.61. The van der Waals surface area contributed by atoms with Crippen molar-refractivity contribution in [3.8, 4) is 0 Å². The Kier molecular flexibility index (Phi) is 3.11. The van der Waals surface area contributed by atoms with Gasteiger partial charge in [0.05, 0.1) is 11.0 Å². The van der Waals surface area contributed by atoms with Crippen molar-refractivity contribution >= 4 is 22.8 Å². The van der Waals surface area contributed by atoms with E-state index >= 15 is 0 Å². The predicted molar refractivity (Wildman–Crippen MR) is 62.5 cm³/mol. The quantitative estimate of drug-likeness (QED) is 0.653. The largest absolute Gasteiger partial charge is 0.366 e. The summed E-state index contributed by atoms with van der Waals surface area (Å²) in [5.41, 5.74) is 1.18. The lowest BCUT2D eigenvalue weighted by Crippen LogP contribution is -2.00. The lowest BCUT2D eigenvalue weighted by atomic mass is 10.3. The van der Waals surface area contributed by atoms with Gasteiger partial charge in [0.1, 0.15) is 5.82 Å². The normalized spacial score (nSPS) is 10.0. The fourth-order valence-corrected chi connectivity index (χ4v) is 1.88. The van der Waals surface area contributed by atoms with Crippen LogP contribution >= 0.6 is 11.3 Å². The first-order valence-electron chi connectivity index (χ1n) is 4.61. The Morgan fingerprint density at radius 2 is 2.38 bits per heavy atom. The summed E-state index contributed by atoms with van der Waals surface area (Å²) in [4.78, 5) is 14.1. The number of hydrogen-bond donors (Lipinski definition) is 1. The average Bonchev–Trinajstić information content (AvgIpc) is 2.79. The Hall–Kier alpha value is -1.95. The average molecular weight is 235 g/mol. The van der Waals surface area contributed by atoms with Crippen LogP contribution in [0, 0.1) is 10.1 Å². The first-order valence-corrected chi connectivity index (χ1v) is 5.55. The SMILES string of the molecule is O=[N+]([O-])c1ccnc(NCc2ccsc2)c1. The molecule has 2 rings (SSSR count). The van der Waals surface area contributed by atoms with E-state index in [1.165, 1.54) is 18.3 Å².